The molecule has 2 fully saturated rings. The van der Waals surface area contributed by atoms with Gasteiger partial charge in [0.25, 0.3) is 0 Å². The summed E-state index contributed by atoms with van der Waals surface area (Å²) in [4.78, 5) is 7.90. The number of nitrogens with zero attached hydrogens (tertiary/aromatic N) is 9. The first kappa shape index (κ1) is 57.0. The summed E-state index contributed by atoms with van der Waals surface area (Å²) in [6.45, 7) is 0.504. The van der Waals surface area contributed by atoms with Crippen LogP contribution in [0.5, 0.6) is 0 Å². The lowest BCUT2D eigenvalue weighted by molar-refractivity contribution is -0.0802. The Bertz CT molecular complexity index is 2690. The number of nitriles is 3. The summed E-state index contributed by atoms with van der Waals surface area (Å²) in [7, 11) is -4.94. The van der Waals surface area contributed by atoms with Crippen LogP contribution in [-0.2, 0) is 54.9 Å². The predicted molar refractivity (Wildman–Crippen MR) is 269 cm³/mol. The smallest absolute Gasteiger partial charge is 0.387 e. The zero-order chi connectivity index (χ0) is 53.4. The molecule has 24 heteroatoms. The van der Waals surface area contributed by atoms with Gasteiger partial charge in [0, 0.05) is 6.61 Å². The van der Waals surface area contributed by atoms with Gasteiger partial charge in [-0.1, -0.05) is 103 Å². The zero-order valence-electron chi connectivity index (χ0n) is 42.1. The van der Waals surface area contributed by atoms with Crippen molar-refractivity contribution >= 4 is 30.5 Å². The molecule has 75 heavy (non-hydrogen) atoms. The molecule has 1 aromatic carbocycles. The first-order valence-electron chi connectivity index (χ1n) is 25.6. The molecular formula is C51H68N11O12P. The van der Waals surface area contributed by atoms with E-state index < -0.39 is 81.6 Å². The summed E-state index contributed by atoms with van der Waals surface area (Å²) in [5.41, 5.74) is 9.23. The maximum absolute atomic E-state index is 14.9. The van der Waals surface area contributed by atoms with Crippen LogP contribution in [0.3, 0.4) is 0 Å². The molecular weight excluding hydrogens is 990 g/mol. The largest absolute Gasteiger partial charge is 0.475 e. The summed E-state index contributed by atoms with van der Waals surface area (Å²) in [5, 5.41) is 84.3. The zero-order valence-corrected chi connectivity index (χ0v) is 43.0. The SMILES string of the molecule is CCCCCCCCCCCCCCCCOC[C@H](COP(=O)(OC[C@H]1O[C@@](C#N)(c2ccc3c(N)ncnn23)[C@H](O)[C@@H]1O)OC[C@H]1O[C@@](C#N)(c2ccc3c(N)ncnn23)[C@H](O)[C@@H]1O)OCc1cccc(C#N)c1. The highest BCUT2D eigenvalue weighted by atomic mass is 31.2. The quantitative estimate of drug-likeness (QED) is 0.0238. The van der Waals surface area contributed by atoms with Crippen LogP contribution in [0, 0.1) is 34.0 Å². The number of aliphatic hydroxyl groups is 4. The first-order chi connectivity index (χ1) is 36.3. The third kappa shape index (κ3) is 13.5. The minimum absolute atomic E-state index is 0.000231. The molecule has 0 aliphatic carbocycles. The average Bonchev–Trinajstić information content (AvgIpc) is 4.19. The highest BCUT2D eigenvalue weighted by Crippen LogP contribution is 2.52. The third-order valence-corrected chi connectivity index (χ3v) is 15.1. The number of fused-ring (bicyclic) bond motifs is 2. The van der Waals surface area contributed by atoms with E-state index >= 15 is 0 Å². The van der Waals surface area contributed by atoms with E-state index in [9.17, 15) is 40.8 Å². The molecule has 2 aliphatic rings. The normalized spacial score (nSPS) is 24.1. The number of benzene rings is 1. The molecule has 0 radical (unpaired) electrons. The number of nitrogen functional groups attached to an aromatic ring is 2. The number of unbranched alkanes of at least 4 members (excludes halogenated alkanes) is 13. The first-order valence-corrected chi connectivity index (χ1v) is 27.1. The average molecular weight is 1060 g/mol. The number of aliphatic hydroxyl groups excluding tert-OH is 4. The Kier molecular flexibility index (Phi) is 20.4. The summed E-state index contributed by atoms with van der Waals surface area (Å²) in [6, 6.07) is 18.7. The molecule has 8 N–H and O–H groups in total. The summed E-state index contributed by atoms with van der Waals surface area (Å²) >= 11 is 0. The van der Waals surface area contributed by atoms with Gasteiger partial charge in [0.05, 0.1) is 56.1 Å². The maximum atomic E-state index is 14.9. The minimum Gasteiger partial charge on any atom is -0.387 e. The van der Waals surface area contributed by atoms with E-state index in [2.05, 4.69) is 33.2 Å². The van der Waals surface area contributed by atoms with Gasteiger partial charge < -0.3 is 50.8 Å². The van der Waals surface area contributed by atoms with E-state index in [0.717, 1.165) is 38.3 Å². The van der Waals surface area contributed by atoms with E-state index in [1.807, 2.05) is 12.1 Å². The Hall–Kier alpha value is -5.68. The lowest BCUT2D eigenvalue weighted by Gasteiger charge is -2.26. The van der Waals surface area contributed by atoms with Crippen LogP contribution in [0.15, 0.2) is 61.2 Å². The van der Waals surface area contributed by atoms with Crippen molar-refractivity contribution in [1.29, 1.82) is 15.8 Å². The van der Waals surface area contributed by atoms with Gasteiger partial charge in [-0.15, -0.1) is 0 Å². The number of rotatable bonds is 31. The molecule has 404 valence electrons. The fourth-order valence-corrected chi connectivity index (χ4v) is 10.7. The van der Waals surface area contributed by atoms with Crippen LogP contribution in [0.4, 0.5) is 11.6 Å². The molecule has 23 nitrogen and oxygen atoms in total. The van der Waals surface area contributed by atoms with Crippen molar-refractivity contribution in [3.63, 3.8) is 0 Å². The van der Waals surface area contributed by atoms with Gasteiger partial charge in [-0.25, -0.2) is 23.6 Å². The molecule has 0 amide bonds. The number of nitrogens with two attached hydrogens (primary N) is 2. The highest BCUT2D eigenvalue weighted by molar-refractivity contribution is 7.48. The fraction of sp³-hybridized carbons (Fsp3) is 0.588. The van der Waals surface area contributed by atoms with Gasteiger partial charge in [0.15, 0.2) is 11.6 Å². The molecule has 0 spiro atoms. The second-order valence-electron chi connectivity index (χ2n) is 19.0. The van der Waals surface area contributed by atoms with E-state index in [1.165, 1.54) is 97.5 Å². The van der Waals surface area contributed by atoms with Gasteiger partial charge in [-0.05, 0) is 48.4 Å². The lowest BCUT2D eigenvalue weighted by Crippen LogP contribution is -2.41. The summed E-state index contributed by atoms with van der Waals surface area (Å²) < 4.78 is 59.4. The van der Waals surface area contributed by atoms with Crippen LogP contribution in [0.2, 0.25) is 0 Å². The van der Waals surface area contributed by atoms with Gasteiger partial charge in [0.2, 0.25) is 11.2 Å². The van der Waals surface area contributed by atoms with Crippen molar-refractivity contribution in [1.82, 2.24) is 29.2 Å². The van der Waals surface area contributed by atoms with Crippen molar-refractivity contribution in [2.75, 3.05) is 44.5 Å². The third-order valence-electron chi connectivity index (χ3n) is 13.7. The Labute approximate surface area is 435 Å². The van der Waals surface area contributed by atoms with Crippen molar-refractivity contribution in [3.8, 4) is 18.2 Å². The Morgan fingerprint density at radius 3 is 1.67 bits per heavy atom. The highest BCUT2D eigenvalue weighted by Gasteiger charge is 2.59. The molecule has 0 unspecified atom stereocenters. The van der Waals surface area contributed by atoms with Crippen molar-refractivity contribution in [2.45, 2.75) is 157 Å². The standard InChI is InChI=1S/C51H68N11O12P/c1-2-3-4-5-6-7-8-9-10-11-12-13-14-15-23-68-27-37(69-26-36-18-16-17-35(24-36)25-52)28-70-75(67,71-29-40-44(63)46(65)50(31-53,73-40)42-21-19-38-48(55)57-33-59-61(38)42)72-30-41-45(64)47(66)51(32-54,74-41)43-22-20-39-49(56)58-34-60-62(39)43/h16-22,24,33-34,37,40-41,44-47,63-66H,2-15,23,26-30H2,1H3,(H2,55,57,59)(H2,56,58,60)/t37-,40-,41-,44-,45-,46-,47-,50+,51+/m1/s1. The maximum Gasteiger partial charge on any atom is 0.475 e. The van der Waals surface area contributed by atoms with Crippen LogP contribution in [0.1, 0.15) is 119 Å². The second kappa shape index (κ2) is 26.9. The summed E-state index contributed by atoms with van der Waals surface area (Å²) in [6.07, 6.45) is 7.73. The van der Waals surface area contributed by atoms with Crippen molar-refractivity contribution < 1.29 is 57.5 Å². The van der Waals surface area contributed by atoms with Gasteiger partial charge in [0.1, 0.15) is 78.6 Å². The van der Waals surface area contributed by atoms with E-state index in [4.69, 9.17) is 44.0 Å². The molecule has 9 atom stereocenters. The molecule has 4 aromatic heterocycles. The lowest BCUT2D eigenvalue weighted by atomic mass is 9.92. The Morgan fingerprint density at radius 1 is 0.693 bits per heavy atom. The molecule has 2 aliphatic heterocycles. The number of anilines is 2. The van der Waals surface area contributed by atoms with Crippen LogP contribution in [-0.4, -0.2) is 125 Å². The molecule has 6 heterocycles. The van der Waals surface area contributed by atoms with Gasteiger partial charge in [-0.3, -0.25) is 13.6 Å². The number of aromatic nitrogens is 6. The molecule has 0 bridgehead atoms. The van der Waals surface area contributed by atoms with E-state index in [0.29, 0.717) is 28.8 Å². The van der Waals surface area contributed by atoms with Crippen LogP contribution >= 0.6 is 7.82 Å². The van der Waals surface area contributed by atoms with E-state index in [-0.39, 0.29) is 36.2 Å². The number of phosphoric ester groups is 1. The van der Waals surface area contributed by atoms with Crippen molar-refractivity contribution in [2.24, 2.45) is 0 Å². The van der Waals surface area contributed by atoms with E-state index in [1.54, 1.807) is 24.3 Å². The van der Waals surface area contributed by atoms with Crippen molar-refractivity contribution in [3.05, 3.63) is 83.7 Å². The number of hydrogen-bond donors (Lipinski definition) is 6. The number of hydrogen-bond acceptors (Lipinski definition) is 21. The molecule has 7 rings (SSSR count). The monoisotopic (exact) mass is 1060 g/mol. The van der Waals surface area contributed by atoms with Crippen LogP contribution in [0.25, 0.3) is 11.0 Å². The fourth-order valence-electron chi connectivity index (χ4n) is 9.42. The predicted octanol–water partition coefficient (Wildman–Crippen LogP) is 5.43. The second-order valence-corrected chi connectivity index (χ2v) is 20.6. The number of ether oxygens (including phenoxy) is 4. The molecule has 0 saturated carbocycles. The minimum atomic E-state index is -4.94. The molecule has 5 aromatic rings. The Morgan fingerprint density at radius 2 is 1.19 bits per heavy atom. The number of phosphoric acid groups is 1. The van der Waals surface area contributed by atoms with Gasteiger partial charge >= 0.3 is 7.82 Å². The Balaban J connectivity index is 1.03. The van der Waals surface area contributed by atoms with Gasteiger partial charge in [-0.2, -0.15) is 26.0 Å². The van der Waals surface area contributed by atoms with Crippen LogP contribution < -0.4 is 11.5 Å². The molecule has 2 saturated heterocycles. The topological polar surface area (TPSA) is 346 Å². The summed E-state index contributed by atoms with van der Waals surface area (Å²) in [5.74, 6) is 0.143.